The van der Waals surface area contributed by atoms with E-state index in [4.69, 9.17) is 14.5 Å². The summed E-state index contributed by atoms with van der Waals surface area (Å²) in [5, 5.41) is 13.8. The molecule has 0 aromatic carbocycles. The van der Waals surface area contributed by atoms with Crippen molar-refractivity contribution < 1.29 is 24.0 Å². The molecule has 1 atom stereocenters. The van der Waals surface area contributed by atoms with Gasteiger partial charge in [-0.2, -0.15) is 0 Å². The predicted molar refractivity (Wildman–Crippen MR) is 218 cm³/mol. The Bertz CT molecular complexity index is 1220. The minimum Gasteiger partial charge on any atom is -0.871 e. The second kappa shape index (κ2) is 25.9. The van der Waals surface area contributed by atoms with Gasteiger partial charge in [-0.05, 0) is 50.4 Å². The van der Waals surface area contributed by atoms with Crippen LogP contribution in [0.3, 0.4) is 0 Å². The first-order valence-electron chi connectivity index (χ1n) is 21.7. The molecule has 8 heteroatoms. The number of nitrogens with zero attached hydrogens (tertiary/aromatic N) is 3. The van der Waals surface area contributed by atoms with Crippen LogP contribution >= 0.6 is 11.8 Å². The lowest BCUT2D eigenvalue weighted by Crippen LogP contribution is -2.37. The van der Waals surface area contributed by atoms with Crippen molar-refractivity contribution in [1.29, 1.82) is 0 Å². The van der Waals surface area contributed by atoms with Crippen molar-refractivity contribution >= 4 is 29.3 Å². The summed E-state index contributed by atoms with van der Waals surface area (Å²) in [5.74, 6) is 0.249. The first-order valence-corrected chi connectivity index (χ1v) is 22.6. The molecule has 1 aliphatic carbocycles. The first-order chi connectivity index (χ1) is 25.4. The third kappa shape index (κ3) is 14.3. The standard InChI is InChI=1S/C44H75N3O4S/c1-7-11-15-19-23-27-31-46(32-28-24-20-16-12-8-2)43-45-35(5)41(50-43)37-39(48)38(40(37)49)42-36(6)52-44(51-42)47(33-29-25-21-17-13-9-3)34-30-26-22-18-14-10-4/h44H,7-34H2,1-6H3. The lowest BCUT2D eigenvalue weighted by molar-refractivity contribution is -0.537. The third-order valence-electron chi connectivity index (χ3n) is 10.7. The maximum Gasteiger partial charge on any atom is 0.499 e. The molecule has 3 rings (SSSR count). The summed E-state index contributed by atoms with van der Waals surface area (Å²) in [6.07, 6.45) is 29.7. The van der Waals surface area contributed by atoms with Crippen LogP contribution in [0.1, 0.15) is 196 Å². The van der Waals surface area contributed by atoms with Gasteiger partial charge in [0, 0.05) is 24.9 Å². The fourth-order valence-electron chi connectivity index (χ4n) is 7.33. The molecule has 0 spiro atoms. The summed E-state index contributed by atoms with van der Waals surface area (Å²) in [4.78, 5) is 21.9. The van der Waals surface area contributed by atoms with Crippen molar-refractivity contribution in [1.82, 2.24) is 4.90 Å². The molecular weight excluding hydrogens is 667 g/mol. The summed E-state index contributed by atoms with van der Waals surface area (Å²) >= 11 is 1.65. The van der Waals surface area contributed by atoms with Crippen molar-refractivity contribution in [2.45, 2.75) is 201 Å². The Morgan fingerprint density at radius 3 is 1.54 bits per heavy atom. The molecule has 0 amide bonds. The summed E-state index contributed by atoms with van der Waals surface area (Å²) < 4.78 is 15.1. The highest BCUT2D eigenvalue weighted by Gasteiger charge is 2.43. The molecule has 296 valence electrons. The Labute approximate surface area is 322 Å². The zero-order chi connectivity index (χ0) is 37.6. The van der Waals surface area contributed by atoms with E-state index >= 15 is 0 Å². The van der Waals surface area contributed by atoms with Gasteiger partial charge in [0.1, 0.15) is 5.76 Å². The van der Waals surface area contributed by atoms with E-state index in [0.717, 1.165) is 56.8 Å². The fourth-order valence-corrected chi connectivity index (χ4v) is 8.40. The lowest BCUT2D eigenvalue weighted by Gasteiger charge is -2.32. The molecule has 2 heterocycles. The number of hydrogen-bond donors (Lipinski definition) is 0. The Hall–Kier alpha value is -2.06. The molecule has 0 aromatic heterocycles. The van der Waals surface area contributed by atoms with E-state index in [0.29, 0.717) is 23.3 Å². The number of carbonyl (C=O) groups is 1. The molecule has 0 saturated carbocycles. The fraction of sp³-hybridized carbons (Fsp3) is 0.795. The Kier molecular flexibility index (Phi) is 22.1. The van der Waals surface area contributed by atoms with E-state index in [1.807, 2.05) is 13.8 Å². The summed E-state index contributed by atoms with van der Waals surface area (Å²) in [6, 6.07) is 0.541. The molecule has 0 N–H and O–H groups in total. The maximum atomic E-state index is 13.8. The van der Waals surface area contributed by atoms with Crippen LogP contribution in [0.5, 0.6) is 0 Å². The van der Waals surface area contributed by atoms with Crippen LogP contribution in [0.4, 0.5) is 0 Å². The summed E-state index contributed by atoms with van der Waals surface area (Å²) in [6.45, 7) is 16.6. The molecule has 52 heavy (non-hydrogen) atoms. The second-order valence-corrected chi connectivity index (χ2v) is 16.6. The second-order valence-electron chi connectivity index (χ2n) is 15.3. The highest BCUT2D eigenvalue weighted by molar-refractivity contribution is 8.03. The van der Waals surface area contributed by atoms with Gasteiger partial charge >= 0.3 is 6.02 Å². The molecule has 3 aliphatic rings. The van der Waals surface area contributed by atoms with Crippen LogP contribution in [0, 0.1) is 0 Å². The van der Waals surface area contributed by atoms with Gasteiger partial charge in [-0.3, -0.25) is 9.69 Å². The number of unbranched alkanes of at least 4 members (excludes halogenated alkanes) is 20. The molecule has 0 bridgehead atoms. The van der Waals surface area contributed by atoms with Crippen LogP contribution in [0.25, 0.3) is 0 Å². The van der Waals surface area contributed by atoms with Crippen LogP contribution in [0.15, 0.2) is 38.3 Å². The molecular formula is C44H75N3O4S. The minimum atomic E-state index is -0.275. The predicted octanol–water partition coefficient (Wildman–Crippen LogP) is 11.3. The average molecular weight is 742 g/mol. The lowest BCUT2D eigenvalue weighted by atomic mass is 9.85. The van der Waals surface area contributed by atoms with E-state index < -0.39 is 0 Å². The van der Waals surface area contributed by atoms with Crippen molar-refractivity contribution in [3.8, 4) is 0 Å². The topological polar surface area (TPSA) is 77.2 Å². The van der Waals surface area contributed by atoms with Crippen molar-refractivity contribution in [3.05, 3.63) is 33.3 Å². The van der Waals surface area contributed by atoms with Gasteiger partial charge in [-0.25, -0.2) is 4.58 Å². The van der Waals surface area contributed by atoms with Gasteiger partial charge in [0.2, 0.25) is 5.56 Å². The third-order valence-corrected chi connectivity index (χ3v) is 11.8. The molecule has 0 saturated heterocycles. The monoisotopic (exact) mass is 742 g/mol. The van der Waals surface area contributed by atoms with Crippen molar-refractivity contribution in [3.63, 3.8) is 0 Å². The summed E-state index contributed by atoms with van der Waals surface area (Å²) in [5.41, 5.74) is 0.708. The van der Waals surface area contributed by atoms with Crippen LogP contribution in [0.2, 0.25) is 0 Å². The highest BCUT2D eigenvalue weighted by Crippen LogP contribution is 2.45. The minimum absolute atomic E-state index is 0.124. The zero-order valence-electron chi connectivity index (χ0n) is 34.3. The molecule has 0 radical (unpaired) electrons. The Morgan fingerprint density at radius 1 is 0.635 bits per heavy atom. The van der Waals surface area contributed by atoms with Gasteiger partial charge in [0.25, 0.3) is 0 Å². The number of aliphatic imine (C=N–C) groups is 1. The highest BCUT2D eigenvalue weighted by atomic mass is 32.2. The van der Waals surface area contributed by atoms with Gasteiger partial charge in [-0.1, -0.05) is 161 Å². The quantitative estimate of drug-likeness (QED) is 0.0414. The smallest absolute Gasteiger partial charge is 0.499 e. The van der Waals surface area contributed by atoms with E-state index in [9.17, 15) is 9.90 Å². The van der Waals surface area contributed by atoms with Crippen LogP contribution < -0.4 is 5.11 Å². The summed E-state index contributed by atoms with van der Waals surface area (Å²) in [7, 11) is 0. The Morgan fingerprint density at radius 2 is 1.08 bits per heavy atom. The number of rotatable bonds is 30. The number of Topliss-reactive ketones (excluding diaryl/α,β-unsaturated/α-hetero) is 1. The normalized spacial score (nSPS) is 18.8. The largest absolute Gasteiger partial charge is 0.871 e. The number of hydrogen-bond acceptors (Lipinski definition) is 6. The number of amidine groups is 1. The van der Waals surface area contributed by atoms with Gasteiger partial charge < -0.3 is 14.6 Å². The van der Waals surface area contributed by atoms with Crippen LogP contribution in [-0.4, -0.2) is 58.7 Å². The van der Waals surface area contributed by atoms with E-state index in [2.05, 4.69) is 37.2 Å². The average Bonchev–Trinajstić information content (AvgIpc) is 3.70. The van der Waals surface area contributed by atoms with Crippen LogP contribution in [-0.2, 0) is 14.3 Å². The van der Waals surface area contributed by atoms with E-state index in [1.54, 1.807) is 11.8 Å². The van der Waals surface area contributed by atoms with Gasteiger partial charge in [0.15, 0.2) is 17.3 Å². The number of carbonyl (C=O) groups excluding carboxylic acids is 1. The number of ketones is 1. The van der Waals surface area contributed by atoms with E-state index in [-0.39, 0.29) is 28.2 Å². The molecule has 1 unspecified atom stereocenters. The molecule has 0 fully saturated rings. The number of thioether (sulfide) groups is 1. The molecule has 7 nitrogen and oxygen atoms in total. The van der Waals surface area contributed by atoms with Crippen molar-refractivity contribution in [2.75, 3.05) is 26.2 Å². The van der Waals surface area contributed by atoms with Crippen molar-refractivity contribution in [2.24, 2.45) is 4.99 Å². The SMILES string of the molecule is CCCCCCCCN(CCCCCCCC)C1OC(C2=C([O-])C(=C3OC(=[N+](CCCCCCCC)CCCCCCCC)N=C3C)C2=O)=C(C)S1. The number of ether oxygens (including phenoxy) is 2. The number of allylic oxidation sites excluding steroid dienone is 4. The molecule has 2 aliphatic heterocycles. The van der Waals surface area contributed by atoms with Gasteiger partial charge in [0.05, 0.1) is 24.2 Å². The zero-order valence-corrected chi connectivity index (χ0v) is 35.1. The van der Waals surface area contributed by atoms with E-state index in [1.165, 1.54) is 128 Å². The first kappa shape index (κ1) is 44.3. The Balaban J connectivity index is 1.70. The van der Waals surface area contributed by atoms with Gasteiger partial charge in [-0.15, -0.1) is 0 Å². The maximum absolute atomic E-state index is 13.8. The molecule has 0 aromatic rings.